The molecule has 16 heavy (non-hydrogen) atoms. The number of halogens is 1. The average Bonchev–Trinajstić information content (AvgIpc) is 2.65. The van der Waals surface area contributed by atoms with Crippen molar-refractivity contribution in [3.8, 4) is 0 Å². The van der Waals surface area contributed by atoms with Crippen molar-refractivity contribution in [3.63, 3.8) is 0 Å². The Morgan fingerprint density at radius 3 is 2.62 bits per heavy atom. The first-order valence-electron chi connectivity index (χ1n) is 5.06. The molecule has 1 aromatic carbocycles. The molecule has 1 N–H and O–H groups in total. The van der Waals surface area contributed by atoms with E-state index in [0.717, 1.165) is 5.56 Å². The minimum absolute atomic E-state index is 0.294. The fourth-order valence-electron chi connectivity index (χ4n) is 1.60. The largest absolute Gasteiger partial charge is 0.388 e. The Balaban J connectivity index is 2.08. The predicted molar refractivity (Wildman–Crippen MR) is 58.3 cm³/mol. The highest BCUT2D eigenvalue weighted by Crippen LogP contribution is 2.18. The van der Waals surface area contributed by atoms with Gasteiger partial charge in [-0.05, 0) is 23.3 Å². The van der Waals surface area contributed by atoms with Gasteiger partial charge in [0, 0.05) is 19.7 Å². The second-order valence-corrected chi connectivity index (χ2v) is 3.79. The number of aliphatic hydroxyl groups is 1. The van der Waals surface area contributed by atoms with Crippen LogP contribution in [0.5, 0.6) is 0 Å². The molecule has 84 valence electrons. The fourth-order valence-corrected chi connectivity index (χ4v) is 1.60. The minimum atomic E-state index is -0.621. The number of aromatic nitrogens is 2. The van der Waals surface area contributed by atoms with Crippen LogP contribution < -0.4 is 0 Å². The Bertz CT molecular complexity index is 464. The molecule has 0 aliphatic heterocycles. The molecule has 0 aliphatic carbocycles. The van der Waals surface area contributed by atoms with Gasteiger partial charge in [-0.2, -0.15) is 5.10 Å². The van der Waals surface area contributed by atoms with Gasteiger partial charge in [0.25, 0.3) is 0 Å². The van der Waals surface area contributed by atoms with Gasteiger partial charge in [-0.1, -0.05) is 12.1 Å². The molecule has 1 atom stereocenters. The Morgan fingerprint density at radius 1 is 1.38 bits per heavy atom. The number of nitrogens with zero attached hydrogens (tertiary/aromatic N) is 2. The number of rotatable bonds is 3. The van der Waals surface area contributed by atoms with Crippen molar-refractivity contribution < 1.29 is 9.50 Å². The second-order valence-electron chi connectivity index (χ2n) is 3.79. The van der Waals surface area contributed by atoms with Crippen molar-refractivity contribution in [2.75, 3.05) is 0 Å². The van der Waals surface area contributed by atoms with Crippen LogP contribution in [0, 0.1) is 5.82 Å². The molecule has 2 aromatic rings. The van der Waals surface area contributed by atoms with Gasteiger partial charge in [0.05, 0.1) is 12.3 Å². The van der Waals surface area contributed by atoms with Gasteiger partial charge in [-0.25, -0.2) is 4.39 Å². The molecule has 0 saturated carbocycles. The minimum Gasteiger partial charge on any atom is -0.388 e. The van der Waals surface area contributed by atoms with Crippen LogP contribution >= 0.6 is 0 Å². The van der Waals surface area contributed by atoms with Crippen LogP contribution in [0.25, 0.3) is 0 Å². The lowest BCUT2D eigenvalue weighted by Gasteiger charge is -2.09. The molecule has 0 amide bonds. The van der Waals surface area contributed by atoms with Crippen LogP contribution in [0.15, 0.2) is 36.7 Å². The average molecular weight is 220 g/mol. The maximum Gasteiger partial charge on any atom is 0.123 e. The van der Waals surface area contributed by atoms with E-state index in [4.69, 9.17) is 0 Å². The molecule has 0 aliphatic rings. The van der Waals surface area contributed by atoms with E-state index in [2.05, 4.69) is 5.10 Å². The number of hydrogen-bond donors (Lipinski definition) is 1. The maximum absolute atomic E-state index is 12.7. The molecule has 1 aromatic heterocycles. The zero-order valence-electron chi connectivity index (χ0n) is 8.97. The number of benzene rings is 1. The number of aliphatic hydroxyl groups excluding tert-OH is 1. The second kappa shape index (κ2) is 4.45. The van der Waals surface area contributed by atoms with E-state index in [1.165, 1.54) is 12.1 Å². The van der Waals surface area contributed by atoms with Crippen LogP contribution in [0.1, 0.15) is 17.2 Å². The van der Waals surface area contributed by atoms with E-state index >= 15 is 0 Å². The van der Waals surface area contributed by atoms with Crippen molar-refractivity contribution in [2.24, 2.45) is 7.05 Å². The molecule has 4 heteroatoms. The summed E-state index contributed by atoms with van der Waals surface area (Å²) >= 11 is 0. The highest BCUT2D eigenvalue weighted by atomic mass is 19.1. The molecule has 2 rings (SSSR count). The highest BCUT2D eigenvalue weighted by Gasteiger charge is 2.09. The van der Waals surface area contributed by atoms with Crippen molar-refractivity contribution in [1.29, 1.82) is 0 Å². The summed E-state index contributed by atoms with van der Waals surface area (Å²) < 4.78 is 14.4. The highest BCUT2D eigenvalue weighted by molar-refractivity contribution is 5.20. The molecule has 0 saturated heterocycles. The monoisotopic (exact) mass is 220 g/mol. The standard InChI is InChI=1S/C12H13FN2O/c1-15-8-9(7-14-15)6-12(16)10-2-4-11(13)5-3-10/h2-5,7-8,12,16H,6H2,1H3. The molecular weight excluding hydrogens is 207 g/mol. The van der Waals surface area contributed by atoms with Crippen molar-refractivity contribution in [1.82, 2.24) is 9.78 Å². The number of aryl methyl sites for hydroxylation is 1. The predicted octanol–water partition coefficient (Wildman–Crippen LogP) is 1.84. The smallest absolute Gasteiger partial charge is 0.123 e. The first kappa shape index (κ1) is 10.8. The van der Waals surface area contributed by atoms with Gasteiger partial charge in [0.1, 0.15) is 5.82 Å². The zero-order chi connectivity index (χ0) is 11.5. The van der Waals surface area contributed by atoms with Gasteiger partial charge in [-0.15, -0.1) is 0 Å². The third kappa shape index (κ3) is 2.46. The molecule has 1 heterocycles. The SMILES string of the molecule is Cn1cc(CC(O)c2ccc(F)cc2)cn1. The van der Waals surface area contributed by atoms with Crippen LogP contribution in [0.3, 0.4) is 0 Å². The molecule has 3 nitrogen and oxygen atoms in total. The molecule has 0 spiro atoms. The first-order valence-corrected chi connectivity index (χ1v) is 5.06. The van der Waals surface area contributed by atoms with Crippen molar-refractivity contribution in [3.05, 3.63) is 53.6 Å². The summed E-state index contributed by atoms with van der Waals surface area (Å²) in [5.41, 5.74) is 1.67. The molecule has 0 bridgehead atoms. The maximum atomic E-state index is 12.7. The third-order valence-corrected chi connectivity index (χ3v) is 2.44. The Morgan fingerprint density at radius 2 is 2.06 bits per heavy atom. The van der Waals surface area contributed by atoms with Crippen LogP contribution in [-0.4, -0.2) is 14.9 Å². The lowest BCUT2D eigenvalue weighted by Crippen LogP contribution is -2.01. The van der Waals surface area contributed by atoms with E-state index in [1.807, 2.05) is 13.2 Å². The van der Waals surface area contributed by atoms with Gasteiger partial charge >= 0.3 is 0 Å². The summed E-state index contributed by atoms with van der Waals surface area (Å²) in [7, 11) is 1.83. The molecule has 1 unspecified atom stereocenters. The third-order valence-electron chi connectivity index (χ3n) is 2.44. The van der Waals surface area contributed by atoms with Gasteiger partial charge in [0.15, 0.2) is 0 Å². The Kier molecular flexibility index (Phi) is 3.01. The molecule has 0 fully saturated rings. The van der Waals surface area contributed by atoms with Crippen LogP contribution in [0.2, 0.25) is 0 Å². The van der Waals surface area contributed by atoms with Gasteiger partial charge in [-0.3, -0.25) is 4.68 Å². The summed E-state index contributed by atoms with van der Waals surface area (Å²) in [5.74, 6) is -0.294. The molecule has 0 radical (unpaired) electrons. The van der Waals surface area contributed by atoms with E-state index < -0.39 is 6.10 Å². The number of hydrogen-bond acceptors (Lipinski definition) is 2. The van der Waals surface area contributed by atoms with E-state index in [1.54, 1.807) is 23.0 Å². The summed E-state index contributed by atoms with van der Waals surface area (Å²) in [4.78, 5) is 0. The van der Waals surface area contributed by atoms with Crippen LogP contribution in [-0.2, 0) is 13.5 Å². The quantitative estimate of drug-likeness (QED) is 0.857. The van der Waals surface area contributed by atoms with Crippen molar-refractivity contribution >= 4 is 0 Å². The van der Waals surface area contributed by atoms with E-state index in [9.17, 15) is 9.50 Å². The lowest BCUT2D eigenvalue weighted by molar-refractivity contribution is 0.178. The van der Waals surface area contributed by atoms with E-state index in [-0.39, 0.29) is 5.82 Å². The van der Waals surface area contributed by atoms with Crippen molar-refractivity contribution in [2.45, 2.75) is 12.5 Å². The van der Waals surface area contributed by atoms with E-state index in [0.29, 0.717) is 12.0 Å². The Labute approximate surface area is 93.2 Å². The lowest BCUT2D eigenvalue weighted by atomic mass is 10.0. The molecular formula is C12H13FN2O. The Hall–Kier alpha value is -1.68. The van der Waals surface area contributed by atoms with Gasteiger partial charge < -0.3 is 5.11 Å². The fraction of sp³-hybridized carbons (Fsp3) is 0.250. The van der Waals surface area contributed by atoms with Gasteiger partial charge in [0.2, 0.25) is 0 Å². The van der Waals surface area contributed by atoms with Crippen LogP contribution in [0.4, 0.5) is 4.39 Å². The topological polar surface area (TPSA) is 38.0 Å². The first-order chi connectivity index (χ1) is 7.65. The summed E-state index contributed by atoms with van der Waals surface area (Å²) in [6.45, 7) is 0. The zero-order valence-corrected chi connectivity index (χ0v) is 8.97. The normalized spacial score (nSPS) is 12.7. The summed E-state index contributed by atoms with van der Waals surface area (Å²) in [6, 6.07) is 5.89. The summed E-state index contributed by atoms with van der Waals surface area (Å²) in [5, 5.41) is 13.9. The summed E-state index contributed by atoms with van der Waals surface area (Å²) in [6.07, 6.45) is 3.43.